The van der Waals surface area contributed by atoms with Gasteiger partial charge >= 0.3 is 0 Å². The van der Waals surface area contributed by atoms with Crippen molar-refractivity contribution in [1.29, 1.82) is 0 Å². The first-order chi connectivity index (χ1) is 11.5. The van der Waals surface area contributed by atoms with Crippen LogP contribution in [0.25, 0.3) is 17.1 Å². The van der Waals surface area contributed by atoms with Gasteiger partial charge in [-0.05, 0) is 36.4 Å². The van der Waals surface area contributed by atoms with E-state index in [0.29, 0.717) is 20.9 Å². The Morgan fingerprint density at radius 3 is 2.58 bits per heavy atom. The third kappa shape index (κ3) is 2.55. The maximum atomic E-state index is 6.39. The van der Waals surface area contributed by atoms with Crippen LogP contribution in [0.2, 0.25) is 15.1 Å². The zero-order chi connectivity index (χ0) is 16.8. The quantitative estimate of drug-likeness (QED) is 0.613. The summed E-state index contributed by atoms with van der Waals surface area (Å²) in [4.78, 5) is 0. The number of hydrogen-bond acceptors (Lipinski definition) is 3. The van der Waals surface area contributed by atoms with Gasteiger partial charge in [0.25, 0.3) is 0 Å². The Kier molecular flexibility index (Phi) is 3.91. The van der Waals surface area contributed by atoms with Crippen molar-refractivity contribution in [2.45, 2.75) is 12.8 Å². The Morgan fingerprint density at radius 2 is 1.79 bits per heavy atom. The van der Waals surface area contributed by atoms with Crippen molar-refractivity contribution in [2.24, 2.45) is 0 Å². The summed E-state index contributed by atoms with van der Waals surface area (Å²) in [6.45, 7) is 2.87. The number of hydrogen-bond donors (Lipinski definition) is 1. The SMILES string of the molecule is C[C@H]1CNc2ccc(Cl)cc2-n2c(-c3ccc(Cl)cc3Cl)nnc21. The van der Waals surface area contributed by atoms with E-state index >= 15 is 0 Å². The number of nitrogens with one attached hydrogen (secondary N) is 1. The Morgan fingerprint density at radius 1 is 1.04 bits per heavy atom. The van der Waals surface area contributed by atoms with Crippen LogP contribution in [-0.2, 0) is 0 Å². The standard InChI is InChI=1S/C17H13Cl3N4/c1-9-8-21-14-5-3-11(19)7-15(14)24-16(9)22-23-17(24)12-4-2-10(18)6-13(12)20/h2-7,9,21H,8H2,1H3/t9-/m0/s1. The minimum atomic E-state index is 0.184. The van der Waals surface area contributed by atoms with E-state index in [4.69, 9.17) is 34.8 Å². The normalized spacial score (nSPS) is 16.1. The molecular formula is C17H13Cl3N4. The molecule has 2 aromatic carbocycles. The second kappa shape index (κ2) is 5.96. The Bertz CT molecular complexity index is 936. The highest BCUT2D eigenvalue weighted by molar-refractivity contribution is 6.36. The summed E-state index contributed by atoms with van der Waals surface area (Å²) < 4.78 is 2.01. The molecule has 4 nitrogen and oxygen atoms in total. The lowest BCUT2D eigenvalue weighted by molar-refractivity contribution is 0.725. The summed E-state index contributed by atoms with van der Waals surface area (Å²) in [7, 11) is 0. The van der Waals surface area contributed by atoms with Crippen LogP contribution < -0.4 is 5.32 Å². The molecule has 1 N–H and O–H groups in total. The summed E-state index contributed by atoms with van der Waals surface area (Å²) in [5.41, 5.74) is 2.67. The number of aromatic nitrogens is 3. The minimum absolute atomic E-state index is 0.184. The fourth-order valence-corrected chi connectivity index (χ4v) is 3.55. The molecule has 0 unspecified atom stereocenters. The van der Waals surface area contributed by atoms with Crippen molar-refractivity contribution < 1.29 is 0 Å². The average molecular weight is 380 g/mol. The van der Waals surface area contributed by atoms with E-state index in [1.807, 2.05) is 28.8 Å². The zero-order valence-corrected chi connectivity index (χ0v) is 15.0. The van der Waals surface area contributed by atoms with E-state index < -0.39 is 0 Å². The Balaban J connectivity index is 2.01. The van der Waals surface area contributed by atoms with Crippen LogP contribution in [0.5, 0.6) is 0 Å². The molecule has 1 atom stereocenters. The van der Waals surface area contributed by atoms with Gasteiger partial charge in [-0.25, -0.2) is 0 Å². The number of halogens is 3. The van der Waals surface area contributed by atoms with E-state index in [1.54, 1.807) is 12.1 Å². The van der Waals surface area contributed by atoms with Crippen LogP contribution >= 0.6 is 34.8 Å². The fourth-order valence-electron chi connectivity index (χ4n) is 2.89. The van der Waals surface area contributed by atoms with Crippen molar-refractivity contribution in [3.8, 4) is 17.1 Å². The molecule has 0 fully saturated rings. The highest BCUT2D eigenvalue weighted by atomic mass is 35.5. The number of nitrogens with zero attached hydrogens (tertiary/aromatic N) is 3. The molecule has 1 aliphatic rings. The van der Waals surface area contributed by atoms with Crippen LogP contribution in [0, 0.1) is 0 Å². The molecule has 1 aliphatic heterocycles. The minimum Gasteiger partial charge on any atom is -0.383 e. The van der Waals surface area contributed by atoms with Crippen molar-refractivity contribution in [1.82, 2.24) is 14.8 Å². The first-order valence-electron chi connectivity index (χ1n) is 7.49. The lowest BCUT2D eigenvalue weighted by atomic mass is 10.1. The van der Waals surface area contributed by atoms with Gasteiger partial charge in [-0.2, -0.15) is 0 Å². The number of anilines is 1. The molecule has 4 rings (SSSR count). The molecule has 1 aromatic heterocycles. The second-order valence-electron chi connectivity index (χ2n) is 5.78. The van der Waals surface area contributed by atoms with Gasteiger partial charge in [-0.1, -0.05) is 41.7 Å². The lowest BCUT2D eigenvalue weighted by Crippen LogP contribution is -2.09. The van der Waals surface area contributed by atoms with Crippen LogP contribution in [0.4, 0.5) is 5.69 Å². The largest absolute Gasteiger partial charge is 0.383 e. The monoisotopic (exact) mass is 378 g/mol. The molecule has 122 valence electrons. The van der Waals surface area contributed by atoms with Gasteiger partial charge in [0, 0.05) is 28.1 Å². The fraction of sp³-hybridized carbons (Fsp3) is 0.176. The van der Waals surface area contributed by atoms with E-state index in [-0.39, 0.29) is 5.92 Å². The Hall–Kier alpha value is -1.75. The maximum Gasteiger partial charge on any atom is 0.170 e. The molecule has 24 heavy (non-hydrogen) atoms. The molecule has 7 heteroatoms. The highest BCUT2D eigenvalue weighted by Crippen LogP contribution is 2.37. The van der Waals surface area contributed by atoms with Crippen LogP contribution in [0.15, 0.2) is 36.4 Å². The van der Waals surface area contributed by atoms with Crippen molar-refractivity contribution in [3.05, 3.63) is 57.3 Å². The molecule has 0 spiro atoms. The molecule has 0 radical (unpaired) electrons. The van der Waals surface area contributed by atoms with E-state index in [0.717, 1.165) is 29.3 Å². The zero-order valence-electron chi connectivity index (χ0n) is 12.7. The number of rotatable bonds is 1. The summed E-state index contributed by atoms with van der Waals surface area (Å²) >= 11 is 18.6. The predicted octanol–water partition coefficient (Wildman–Crippen LogP) is 5.42. The molecular weight excluding hydrogens is 367 g/mol. The first-order valence-corrected chi connectivity index (χ1v) is 8.62. The molecule has 0 saturated heterocycles. The second-order valence-corrected chi connectivity index (χ2v) is 7.06. The highest BCUT2D eigenvalue weighted by Gasteiger charge is 2.26. The van der Waals surface area contributed by atoms with E-state index in [2.05, 4.69) is 22.4 Å². The lowest BCUT2D eigenvalue weighted by Gasteiger charge is -2.13. The average Bonchev–Trinajstić information content (AvgIpc) is 2.92. The van der Waals surface area contributed by atoms with Gasteiger partial charge in [0.2, 0.25) is 0 Å². The van der Waals surface area contributed by atoms with Gasteiger partial charge in [0.1, 0.15) is 5.82 Å². The van der Waals surface area contributed by atoms with Crippen molar-refractivity contribution in [2.75, 3.05) is 11.9 Å². The molecule has 0 amide bonds. The molecule has 0 aliphatic carbocycles. The Labute approximate surface area is 154 Å². The van der Waals surface area contributed by atoms with Gasteiger partial charge in [0.15, 0.2) is 5.82 Å². The van der Waals surface area contributed by atoms with Crippen molar-refractivity contribution >= 4 is 40.5 Å². The maximum absolute atomic E-state index is 6.39. The van der Waals surface area contributed by atoms with Crippen LogP contribution in [-0.4, -0.2) is 21.3 Å². The molecule has 2 heterocycles. The van der Waals surface area contributed by atoms with Gasteiger partial charge in [-0.15, -0.1) is 10.2 Å². The third-order valence-corrected chi connectivity index (χ3v) is 4.88. The van der Waals surface area contributed by atoms with Gasteiger partial charge < -0.3 is 5.32 Å². The van der Waals surface area contributed by atoms with Crippen LogP contribution in [0.3, 0.4) is 0 Å². The van der Waals surface area contributed by atoms with Gasteiger partial charge in [-0.3, -0.25) is 4.57 Å². The number of fused-ring (bicyclic) bond motifs is 3. The topological polar surface area (TPSA) is 42.7 Å². The third-order valence-electron chi connectivity index (χ3n) is 4.10. The smallest absolute Gasteiger partial charge is 0.170 e. The van der Waals surface area contributed by atoms with Crippen LogP contribution in [0.1, 0.15) is 18.7 Å². The van der Waals surface area contributed by atoms with E-state index in [9.17, 15) is 0 Å². The number of benzene rings is 2. The molecule has 3 aromatic rings. The first kappa shape index (κ1) is 15.8. The summed E-state index contributed by atoms with van der Waals surface area (Å²) in [6.07, 6.45) is 0. The summed E-state index contributed by atoms with van der Waals surface area (Å²) in [6, 6.07) is 11.1. The molecule has 0 saturated carbocycles. The van der Waals surface area contributed by atoms with E-state index in [1.165, 1.54) is 0 Å². The van der Waals surface area contributed by atoms with Crippen molar-refractivity contribution in [3.63, 3.8) is 0 Å². The summed E-state index contributed by atoms with van der Waals surface area (Å²) in [5.74, 6) is 1.72. The predicted molar refractivity (Wildman–Crippen MR) is 98.7 cm³/mol. The molecule has 0 bridgehead atoms. The summed E-state index contributed by atoms with van der Waals surface area (Å²) in [5, 5.41) is 14.0. The van der Waals surface area contributed by atoms with Gasteiger partial charge in [0.05, 0.1) is 16.4 Å².